The normalized spacial score (nSPS) is 13.2. The second-order valence-electron chi connectivity index (χ2n) is 3.81. The van der Waals surface area contributed by atoms with Crippen molar-refractivity contribution in [3.05, 3.63) is 12.2 Å². The topological polar surface area (TPSA) is 57.5 Å². The summed E-state index contributed by atoms with van der Waals surface area (Å²) in [4.78, 5) is 10.2. The highest BCUT2D eigenvalue weighted by molar-refractivity contribution is 5.68. The highest BCUT2D eigenvalue weighted by Crippen LogP contribution is 2.08. The van der Waals surface area contributed by atoms with Crippen LogP contribution in [0.3, 0.4) is 0 Å². The van der Waals surface area contributed by atoms with Gasteiger partial charge in [-0.25, -0.2) is 0 Å². The molecule has 0 aromatic carbocycles. The van der Waals surface area contributed by atoms with Gasteiger partial charge in [0.05, 0.1) is 12.5 Å². The number of carboxylic acids is 1. The number of aliphatic carboxylic acids is 1. The Kier molecular flexibility index (Phi) is 9.18. The van der Waals surface area contributed by atoms with Crippen molar-refractivity contribution in [2.45, 2.75) is 58.0 Å². The van der Waals surface area contributed by atoms with Gasteiger partial charge in [-0.05, 0) is 12.8 Å². The van der Waals surface area contributed by atoms with E-state index in [1.54, 1.807) is 12.2 Å². The Bertz CT molecular complexity index is 187. The lowest BCUT2D eigenvalue weighted by Gasteiger charge is -2.06. The van der Waals surface area contributed by atoms with Crippen LogP contribution in [0, 0.1) is 0 Å². The van der Waals surface area contributed by atoms with Gasteiger partial charge in [0.15, 0.2) is 0 Å². The highest BCUT2D eigenvalue weighted by atomic mass is 16.4. The third-order valence-corrected chi connectivity index (χ3v) is 2.26. The summed E-state index contributed by atoms with van der Waals surface area (Å²) in [6.45, 7) is 2.16. The fourth-order valence-electron chi connectivity index (χ4n) is 1.36. The molecule has 0 radical (unpaired) electrons. The van der Waals surface area contributed by atoms with Gasteiger partial charge in [0.2, 0.25) is 0 Å². The van der Waals surface area contributed by atoms with Crippen LogP contribution < -0.4 is 0 Å². The summed E-state index contributed by atoms with van der Waals surface area (Å²) in [7, 11) is 0. The number of hydrogen-bond acceptors (Lipinski definition) is 2. The molecule has 0 aliphatic rings. The predicted molar refractivity (Wildman–Crippen MR) is 60.8 cm³/mol. The first-order chi connectivity index (χ1) is 7.16. The molecule has 0 bridgehead atoms. The standard InChI is InChI=1S/C12H22O3/c1-2-3-4-5-8-11(13)9-6-7-10-12(14)15/h6-7,11,13H,2-5,8-10H2,1H3,(H,14,15)/t11-/m1/s1. The molecule has 88 valence electrons. The van der Waals surface area contributed by atoms with Crippen molar-refractivity contribution in [3.63, 3.8) is 0 Å². The molecule has 2 N–H and O–H groups in total. The molecule has 0 amide bonds. The molecular weight excluding hydrogens is 192 g/mol. The Morgan fingerprint density at radius 1 is 1.27 bits per heavy atom. The molecule has 0 aliphatic carbocycles. The lowest BCUT2D eigenvalue weighted by molar-refractivity contribution is -0.136. The van der Waals surface area contributed by atoms with Gasteiger partial charge in [0, 0.05) is 0 Å². The third-order valence-electron chi connectivity index (χ3n) is 2.26. The molecule has 1 atom stereocenters. The van der Waals surface area contributed by atoms with Gasteiger partial charge in [0.25, 0.3) is 0 Å². The summed E-state index contributed by atoms with van der Waals surface area (Å²) in [5.41, 5.74) is 0. The number of rotatable bonds is 9. The molecule has 3 heteroatoms. The van der Waals surface area contributed by atoms with E-state index in [1.165, 1.54) is 19.3 Å². The summed E-state index contributed by atoms with van der Waals surface area (Å²) in [6.07, 6.45) is 9.12. The van der Waals surface area contributed by atoms with Crippen molar-refractivity contribution in [2.24, 2.45) is 0 Å². The van der Waals surface area contributed by atoms with Crippen LogP contribution in [0.4, 0.5) is 0 Å². The van der Waals surface area contributed by atoms with Crippen LogP contribution in [-0.2, 0) is 4.79 Å². The van der Waals surface area contributed by atoms with Crippen molar-refractivity contribution < 1.29 is 15.0 Å². The smallest absolute Gasteiger partial charge is 0.307 e. The third kappa shape index (κ3) is 11.1. The fourth-order valence-corrected chi connectivity index (χ4v) is 1.36. The maximum atomic E-state index is 10.2. The first kappa shape index (κ1) is 14.2. The first-order valence-corrected chi connectivity index (χ1v) is 5.71. The highest BCUT2D eigenvalue weighted by Gasteiger charge is 2.00. The predicted octanol–water partition coefficient (Wildman–Crippen LogP) is 2.74. The molecule has 0 unspecified atom stereocenters. The lowest BCUT2D eigenvalue weighted by Crippen LogP contribution is -2.04. The number of aliphatic hydroxyl groups excluding tert-OH is 1. The SMILES string of the molecule is CCCCCC[C@@H](O)CC=CCC(=O)O. The zero-order chi connectivity index (χ0) is 11.5. The number of unbranched alkanes of at least 4 members (excludes halogenated alkanes) is 3. The maximum absolute atomic E-state index is 10.2. The van der Waals surface area contributed by atoms with Crippen molar-refractivity contribution in [1.29, 1.82) is 0 Å². The van der Waals surface area contributed by atoms with E-state index in [0.717, 1.165) is 12.8 Å². The molecule has 0 aliphatic heterocycles. The minimum absolute atomic E-state index is 0.0442. The average Bonchev–Trinajstić information content (AvgIpc) is 2.19. The minimum Gasteiger partial charge on any atom is -0.481 e. The molecule has 0 rings (SSSR count). The second-order valence-corrected chi connectivity index (χ2v) is 3.81. The van der Waals surface area contributed by atoms with E-state index < -0.39 is 5.97 Å². The van der Waals surface area contributed by atoms with Crippen LogP contribution >= 0.6 is 0 Å². The van der Waals surface area contributed by atoms with Gasteiger partial charge in [-0.3, -0.25) is 4.79 Å². The fraction of sp³-hybridized carbons (Fsp3) is 0.750. The molecule has 15 heavy (non-hydrogen) atoms. The molecular formula is C12H22O3. The van der Waals surface area contributed by atoms with E-state index in [-0.39, 0.29) is 12.5 Å². The zero-order valence-electron chi connectivity index (χ0n) is 9.48. The van der Waals surface area contributed by atoms with Crippen molar-refractivity contribution >= 4 is 5.97 Å². The van der Waals surface area contributed by atoms with Gasteiger partial charge in [-0.15, -0.1) is 0 Å². The van der Waals surface area contributed by atoms with E-state index in [4.69, 9.17) is 5.11 Å². The first-order valence-electron chi connectivity index (χ1n) is 5.71. The van der Waals surface area contributed by atoms with Crippen LogP contribution in [0.25, 0.3) is 0 Å². The second kappa shape index (κ2) is 9.71. The van der Waals surface area contributed by atoms with E-state index >= 15 is 0 Å². The van der Waals surface area contributed by atoms with E-state index in [0.29, 0.717) is 6.42 Å². The van der Waals surface area contributed by atoms with Crippen molar-refractivity contribution in [2.75, 3.05) is 0 Å². The Labute approximate surface area is 91.8 Å². The molecule has 0 fully saturated rings. The number of aliphatic hydroxyl groups is 1. The summed E-state index contributed by atoms with van der Waals surface area (Å²) < 4.78 is 0. The largest absolute Gasteiger partial charge is 0.481 e. The van der Waals surface area contributed by atoms with Gasteiger partial charge in [-0.1, -0.05) is 44.8 Å². The van der Waals surface area contributed by atoms with E-state index in [9.17, 15) is 9.90 Å². The van der Waals surface area contributed by atoms with Gasteiger partial charge in [-0.2, -0.15) is 0 Å². The van der Waals surface area contributed by atoms with Gasteiger partial charge < -0.3 is 10.2 Å². The Morgan fingerprint density at radius 3 is 2.60 bits per heavy atom. The van der Waals surface area contributed by atoms with Crippen molar-refractivity contribution in [3.8, 4) is 0 Å². The van der Waals surface area contributed by atoms with Crippen LogP contribution in [0.15, 0.2) is 12.2 Å². The Hall–Kier alpha value is -0.830. The van der Waals surface area contributed by atoms with Crippen molar-refractivity contribution in [1.82, 2.24) is 0 Å². The summed E-state index contributed by atoms with van der Waals surface area (Å²) in [5.74, 6) is -0.830. The van der Waals surface area contributed by atoms with Crippen LogP contribution in [0.2, 0.25) is 0 Å². The maximum Gasteiger partial charge on any atom is 0.307 e. The molecule has 3 nitrogen and oxygen atoms in total. The number of carbonyl (C=O) groups is 1. The molecule has 0 heterocycles. The summed E-state index contributed by atoms with van der Waals surface area (Å²) in [5, 5.41) is 17.9. The average molecular weight is 214 g/mol. The monoisotopic (exact) mass is 214 g/mol. The number of carboxylic acid groups (broad SMARTS) is 1. The lowest BCUT2D eigenvalue weighted by atomic mass is 10.1. The molecule has 0 aromatic heterocycles. The zero-order valence-corrected chi connectivity index (χ0v) is 9.48. The summed E-state index contributed by atoms with van der Waals surface area (Å²) >= 11 is 0. The molecule has 0 spiro atoms. The van der Waals surface area contributed by atoms with Crippen LogP contribution in [-0.4, -0.2) is 22.3 Å². The molecule has 0 saturated heterocycles. The number of hydrogen-bond donors (Lipinski definition) is 2. The van der Waals surface area contributed by atoms with Gasteiger partial charge >= 0.3 is 5.97 Å². The van der Waals surface area contributed by atoms with Crippen LogP contribution in [0.5, 0.6) is 0 Å². The minimum atomic E-state index is -0.830. The van der Waals surface area contributed by atoms with Gasteiger partial charge in [0.1, 0.15) is 0 Å². The summed E-state index contributed by atoms with van der Waals surface area (Å²) in [6, 6.07) is 0. The Balaban J connectivity index is 3.36. The van der Waals surface area contributed by atoms with E-state index in [2.05, 4.69) is 6.92 Å². The van der Waals surface area contributed by atoms with E-state index in [1.807, 2.05) is 0 Å². The Morgan fingerprint density at radius 2 is 2.00 bits per heavy atom. The molecule has 0 saturated carbocycles. The molecule has 0 aromatic rings. The quantitative estimate of drug-likeness (QED) is 0.458. The van der Waals surface area contributed by atoms with Crippen LogP contribution in [0.1, 0.15) is 51.9 Å².